The standard InChI is InChI=1S/C24H18F3N3O4S2/c1-15-7-10-18(11-8-15)36(32,33)30-20-12-9-17(34-24(25,26)27)13-19(20)22(31)29-23-28-21(14-35-23)16-5-3-2-4-6-16/h2-14,30H,1H3,(H,28,29,31). The summed E-state index contributed by atoms with van der Waals surface area (Å²) >= 11 is 1.11. The fourth-order valence-corrected chi connectivity index (χ4v) is 4.95. The summed E-state index contributed by atoms with van der Waals surface area (Å²) in [6.45, 7) is 1.79. The van der Waals surface area contributed by atoms with Crippen LogP contribution in [0.3, 0.4) is 0 Å². The van der Waals surface area contributed by atoms with Crippen molar-refractivity contribution in [3.8, 4) is 17.0 Å². The first-order valence-corrected chi connectivity index (χ1v) is 12.7. The average Bonchev–Trinajstić information content (AvgIpc) is 3.28. The summed E-state index contributed by atoms with van der Waals surface area (Å²) < 4.78 is 70.2. The predicted octanol–water partition coefficient (Wildman–Crippen LogP) is 6.07. The van der Waals surface area contributed by atoms with E-state index in [-0.39, 0.29) is 21.3 Å². The number of aromatic nitrogens is 1. The minimum Gasteiger partial charge on any atom is -0.406 e. The summed E-state index contributed by atoms with van der Waals surface area (Å²) in [6.07, 6.45) is -5.00. The van der Waals surface area contributed by atoms with Crippen LogP contribution in [-0.4, -0.2) is 25.7 Å². The van der Waals surface area contributed by atoms with Gasteiger partial charge in [0, 0.05) is 10.9 Å². The second-order valence-electron chi connectivity index (χ2n) is 7.53. The molecule has 0 aliphatic carbocycles. The van der Waals surface area contributed by atoms with E-state index in [4.69, 9.17) is 0 Å². The van der Waals surface area contributed by atoms with E-state index >= 15 is 0 Å². The molecule has 0 unspecified atom stereocenters. The Kier molecular flexibility index (Phi) is 7.00. The Hall–Kier alpha value is -3.90. The van der Waals surface area contributed by atoms with Crippen molar-refractivity contribution in [1.29, 1.82) is 0 Å². The number of sulfonamides is 1. The zero-order valence-electron chi connectivity index (χ0n) is 18.5. The van der Waals surface area contributed by atoms with Gasteiger partial charge in [-0.05, 0) is 37.3 Å². The lowest BCUT2D eigenvalue weighted by Crippen LogP contribution is -2.20. The Balaban J connectivity index is 1.65. The molecule has 3 aromatic carbocycles. The summed E-state index contributed by atoms with van der Waals surface area (Å²) in [4.78, 5) is 17.3. The minimum absolute atomic E-state index is 0.0810. The molecule has 36 heavy (non-hydrogen) atoms. The van der Waals surface area contributed by atoms with Crippen LogP contribution in [-0.2, 0) is 10.0 Å². The fourth-order valence-electron chi connectivity index (χ4n) is 3.16. The third-order valence-corrected chi connectivity index (χ3v) is 6.98. The number of halogens is 3. The van der Waals surface area contributed by atoms with Crippen LogP contribution >= 0.6 is 11.3 Å². The smallest absolute Gasteiger partial charge is 0.406 e. The molecule has 4 rings (SSSR count). The third kappa shape index (κ3) is 6.20. The van der Waals surface area contributed by atoms with Crippen molar-refractivity contribution in [2.75, 3.05) is 10.0 Å². The van der Waals surface area contributed by atoms with Gasteiger partial charge in [-0.3, -0.25) is 14.8 Å². The maximum Gasteiger partial charge on any atom is 0.573 e. The van der Waals surface area contributed by atoms with Crippen LogP contribution in [0.2, 0.25) is 0 Å². The van der Waals surface area contributed by atoms with E-state index in [1.807, 2.05) is 30.3 Å². The molecule has 0 aliphatic heterocycles. The van der Waals surface area contributed by atoms with Crippen LogP contribution in [0.15, 0.2) is 83.1 Å². The van der Waals surface area contributed by atoms with Crippen LogP contribution < -0.4 is 14.8 Å². The number of nitrogens with zero attached hydrogens (tertiary/aromatic N) is 1. The first-order valence-electron chi connectivity index (χ1n) is 10.3. The summed E-state index contributed by atoms with van der Waals surface area (Å²) in [5.41, 5.74) is 1.61. The summed E-state index contributed by atoms with van der Waals surface area (Å²) in [5.74, 6) is -1.56. The predicted molar refractivity (Wildman–Crippen MR) is 131 cm³/mol. The van der Waals surface area contributed by atoms with Crippen molar-refractivity contribution in [3.05, 3.63) is 89.3 Å². The Labute approximate surface area is 208 Å². The highest BCUT2D eigenvalue weighted by atomic mass is 32.2. The minimum atomic E-state index is -5.00. The van der Waals surface area contributed by atoms with Crippen molar-refractivity contribution in [1.82, 2.24) is 4.98 Å². The van der Waals surface area contributed by atoms with Gasteiger partial charge < -0.3 is 4.74 Å². The van der Waals surface area contributed by atoms with Gasteiger partial charge in [0.05, 0.1) is 21.8 Å². The first-order chi connectivity index (χ1) is 17.0. The number of ether oxygens (including phenoxy) is 1. The molecule has 1 aromatic heterocycles. The number of rotatable bonds is 7. The maximum absolute atomic E-state index is 13.0. The van der Waals surface area contributed by atoms with E-state index in [1.165, 1.54) is 12.1 Å². The molecule has 2 N–H and O–H groups in total. The normalized spacial score (nSPS) is 11.7. The van der Waals surface area contributed by atoms with E-state index in [0.29, 0.717) is 5.69 Å². The van der Waals surface area contributed by atoms with Gasteiger partial charge in [-0.1, -0.05) is 48.0 Å². The van der Waals surface area contributed by atoms with Crippen LogP contribution in [0.25, 0.3) is 11.3 Å². The number of amides is 1. The van der Waals surface area contributed by atoms with Gasteiger partial charge >= 0.3 is 6.36 Å². The largest absolute Gasteiger partial charge is 0.573 e. The number of aryl methyl sites for hydroxylation is 1. The molecule has 0 bridgehead atoms. The molecule has 0 spiro atoms. The molecule has 4 aromatic rings. The molecule has 12 heteroatoms. The van der Waals surface area contributed by atoms with Gasteiger partial charge in [0.25, 0.3) is 15.9 Å². The van der Waals surface area contributed by atoms with Gasteiger partial charge in [-0.15, -0.1) is 24.5 Å². The van der Waals surface area contributed by atoms with Crippen LogP contribution in [0, 0.1) is 6.92 Å². The summed E-state index contributed by atoms with van der Waals surface area (Å²) in [7, 11) is -4.14. The lowest BCUT2D eigenvalue weighted by Gasteiger charge is -2.15. The lowest BCUT2D eigenvalue weighted by atomic mass is 10.1. The molecule has 0 radical (unpaired) electrons. The Morgan fingerprint density at radius 1 is 1.00 bits per heavy atom. The Morgan fingerprint density at radius 2 is 1.69 bits per heavy atom. The highest BCUT2D eigenvalue weighted by Gasteiger charge is 2.32. The average molecular weight is 534 g/mol. The van der Waals surface area contributed by atoms with Gasteiger partial charge in [0.15, 0.2) is 5.13 Å². The Bertz CT molecular complexity index is 1490. The zero-order valence-corrected chi connectivity index (χ0v) is 20.2. The molecule has 7 nitrogen and oxygen atoms in total. The van der Waals surface area contributed by atoms with Crippen molar-refractivity contribution >= 4 is 38.1 Å². The fraction of sp³-hybridized carbons (Fsp3) is 0.0833. The highest BCUT2D eigenvalue weighted by Crippen LogP contribution is 2.30. The van der Waals surface area contributed by atoms with E-state index in [9.17, 15) is 26.4 Å². The Morgan fingerprint density at radius 3 is 2.36 bits per heavy atom. The van der Waals surface area contributed by atoms with E-state index in [0.717, 1.165) is 40.7 Å². The highest BCUT2D eigenvalue weighted by molar-refractivity contribution is 7.92. The molecule has 0 saturated carbocycles. The van der Waals surface area contributed by atoms with Gasteiger partial charge in [-0.2, -0.15) is 0 Å². The van der Waals surface area contributed by atoms with Crippen molar-refractivity contribution in [2.45, 2.75) is 18.2 Å². The lowest BCUT2D eigenvalue weighted by molar-refractivity contribution is -0.274. The van der Waals surface area contributed by atoms with E-state index in [1.54, 1.807) is 24.4 Å². The molecule has 0 fully saturated rings. The number of benzene rings is 3. The molecular formula is C24H18F3N3O4S2. The summed E-state index contributed by atoms with van der Waals surface area (Å²) in [5, 5.41) is 4.39. The SMILES string of the molecule is Cc1ccc(S(=O)(=O)Nc2ccc(OC(F)(F)F)cc2C(=O)Nc2nc(-c3ccccc3)cs2)cc1. The van der Waals surface area contributed by atoms with Crippen LogP contribution in [0.5, 0.6) is 5.75 Å². The summed E-state index contributed by atoms with van der Waals surface area (Å²) in [6, 6.07) is 17.8. The van der Waals surface area contributed by atoms with Crippen LogP contribution in [0.1, 0.15) is 15.9 Å². The maximum atomic E-state index is 13.0. The first kappa shape index (κ1) is 25.2. The third-order valence-electron chi connectivity index (χ3n) is 4.84. The number of anilines is 2. The number of hydrogen-bond donors (Lipinski definition) is 2. The van der Waals surface area contributed by atoms with Gasteiger partial charge in [-0.25, -0.2) is 13.4 Å². The quantitative estimate of drug-likeness (QED) is 0.301. The number of hydrogen-bond acceptors (Lipinski definition) is 6. The molecular weight excluding hydrogens is 515 g/mol. The second-order valence-corrected chi connectivity index (χ2v) is 10.1. The zero-order chi connectivity index (χ0) is 25.9. The molecule has 1 amide bonds. The number of alkyl halides is 3. The molecule has 1 heterocycles. The number of thiazole rings is 1. The molecule has 0 saturated heterocycles. The van der Waals surface area contributed by atoms with Crippen molar-refractivity contribution in [2.24, 2.45) is 0 Å². The van der Waals surface area contributed by atoms with Gasteiger partial charge in [0.2, 0.25) is 0 Å². The molecule has 186 valence electrons. The van der Waals surface area contributed by atoms with Crippen molar-refractivity contribution < 1.29 is 31.1 Å². The van der Waals surface area contributed by atoms with E-state index < -0.39 is 28.0 Å². The topological polar surface area (TPSA) is 97.4 Å². The molecule has 0 aliphatic rings. The van der Waals surface area contributed by atoms with Crippen molar-refractivity contribution in [3.63, 3.8) is 0 Å². The number of nitrogens with one attached hydrogen (secondary N) is 2. The monoisotopic (exact) mass is 533 g/mol. The number of carbonyl (C=O) groups excluding carboxylic acids is 1. The van der Waals surface area contributed by atoms with Gasteiger partial charge in [0.1, 0.15) is 5.75 Å². The van der Waals surface area contributed by atoms with E-state index in [2.05, 4.69) is 19.8 Å². The second kappa shape index (κ2) is 9.99. The van der Waals surface area contributed by atoms with Crippen LogP contribution in [0.4, 0.5) is 24.0 Å². The molecule has 0 atom stereocenters. The number of carbonyl (C=O) groups is 1.